The van der Waals surface area contributed by atoms with Gasteiger partial charge >= 0.3 is 0 Å². The molecule has 1 heterocycles. The molecule has 0 spiro atoms. The van der Waals surface area contributed by atoms with Crippen LogP contribution < -0.4 is 9.64 Å². The molecule has 0 amide bonds. The fourth-order valence-corrected chi connectivity index (χ4v) is 2.95. The van der Waals surface area contributed by atoms with E-state index in [-0.39, 0.29) is 10.6 Å². The maximum Gasteiger partial charge on any atom is 0.269 e. The molecule has 0 saturated carbocycles. The smallest absolute Gasteiger partial charge is 0.269 e. The minimum atomic E-state index is -0.365. The summed E-state index contributed by atoms with van der Waals surface area (Å²) in [4.78, 5) is 12.7. The first-order valence-corrected chi connectivity index (χ1v) is 7.89. The fraction of sp³-hybridized carbons (Fsp3) is 0.333. The maximum atomic E-state index is 10.7. The molecule has 1 aliphatic heterocycles. The van der Waals surface area contributed by atoms with Crippen molar-refractivity contribution < 1.29 is 9.66 Å². The average molecular weight is 312 g/mol. The summed E-state index contributed by atoms with van der Waals surface area (Å²) in [6.07, 6.45) is 2.26. The first-order chi connectivity index (χ1) is 11.2. The van der Waals surface area contributed by atoms with Crippen LogP contribution in [-0.4, -0.2) is 24.6 Å². The Kier molecular flexibility index (Phi) is 4.76. The normalized spacial score (nSPS) is 17.7. The number of para-hydroxylation sites is 1. The molecule has 1 unspecified atom stereocenters. The third-order valence-electron chi connectivity index (χ3n) is 4.17. The second-order valence-electron chi connectivity index (χ2n) is 5.85. The van der Waals surface area contributed by atoms with Gasteiger partial charge in [0, 0.05) is 36.8 Å². The Morgan fingerprint density at radius 2 is 1.87 bits per heavy atom. The van der Waals surface area contributed by atoms with E-state index in [1.807, 2.05) is 42.5 Å². The predicted molar refractivity (Wildman–Crippen MR) is 90.0 cm³/mol. The monoisotopic (exact) mass is 312 g/mol. The molecule has 2 aromatic rings. The van der Waals surface area contributed by atoms with Crippen LogP contribution in [0.25, 0.3) is 0 Å². The molecule has 120 valence electrons. The van der Waals surface area contributed by atoms with Crippen molar-refractivity contribution in [3.05, 3.63) is 64.7 Å². The number of hydrogen-bond donors (Lipinski definition) is 0. The summed E-state index contributed by atoms with van der Waals surface area (Å²) in [7, 11) is 0. The van der Waals surface area contributed by atoms with E-state index in [0.717, 1.165) is 37.4 Å². The van der Waals surface area contributed by atoms with Crippen molar-refractivity contribution in [2.75, 3.05) is 24.6 Å². The van der Waals surface area contributed by atoms with E-state index in [1.54, 1.807) is 12.1 Å². The maximum absolute atomic E-state index is 10.7. The second kappa shape index (κ2) is 7.13. The Hall–Kier alpha value is -2.56. The number of nitrogens with zero attached hydrogens (tertiary/aromatic N) is 2. The van der Waals surface area contributed by atoms with Gasteiger partial charge in [-0.2, -0.15) is 0 Å². The molecule has 0 aromatic heterocycles. The van der Waals surface area contributed by atoms with Crippen molar-refractivity contribution in [2.24, 2.45) is 5.92 Å². The Labute approximate surface area is 135 Å². The van der Waals surface area contributed by atoms with Crippen molar-refractivity contribution in [3.8, 4) is 5.75 Å². The van der Waals surface area contributed by atoms with Gasteiger partial charge in [-0.25, -0.2) is 0 Å². The number of hydrogen-bond acceptors (Lipinski definition) is 4. The van der Waals surface area contributed by atoms with Gasteiger partial charge in [0.05, 0.1) is 11.5 Å². The molecule has 1 aliphatic rings. The number of ether oxygens (including phenoxy) is 1. The Bertz CT molecular complexity index is 643. The second-order valence-corrected chi connectivity index (χ2v) is 5.85. The third kappa shape index (κ3) is 4.00. The fourth-order valence-electron chi connectivity index (χ4n) is 2.95. The van der Waals surface area contributed by atoms with Crippen LogP contribution in [0.15, 0.2) is 54.6 Å². The summed E-state index contributed by atoms with van der Waals surface area (Å²) in [6.45, 7) is 2.61. The Morgan fingerprint density at radius 1 is 1.13 bits per heavy atom. The lowest BCUT2D eigenvalue weighted by Gasteiger charge is -2.34. The zero-order valence-corrected chi connectivity index (χ0v) is 12.9. The van der Waals surface area contributed by atoms with Crippen molar-refractivity contribution in [1.29, 1.82) is 0 Å². The average Bonchev–Trinajstić information content (AvgIpc) is 2.61. The van der Waals surface area contributed by atoms with Crippen molar-refractivity contribution >= 4 is 11.4 Å². The van der Waals surface area contributed by atoms with Crippen molar-refractivity contribution in [3.63, 3.8) is 0 Å². The number of non-ortho nitro benzene ring substituents is 1. The number of anilines is 1. The molecular formula is C18H20N2O3. The zero-order valence-electron chi connectivity index (χ0n) is 12.9. The van der Waals surface area contributed by atoms with Crippen LogP contribution in [0.5, 0.6) is 5.75 Å². The summed E-state index contributed by atoms with van der Waals surface area (Å²) in [5, 5.41) is 10.7. The van der Waals surface area contributed by atoms with Crippen LogP contribution in [0.4, 0.5) is 11.4 Å². The van der Waals surface area contributed by atoms with Crippen molar-refractivity contribution in [1.82, 2.24) is 0 Å². The molecule has 2 aromatic carbocycles. The summed E-state index contributed by atoms with van der Waals surface area (Å²) in [5.41, 5.74) is 1.18. The quantitative estimate of drug-likeness (QED) is 0.621. The highest BCUT2D eigenvalue weighted by atomic mass is 16.6. The van der Waals surface area contributed by atoms with E-state index < -0.39 is 0 Å². The van der Waals surface area contributed by atoms with Crippen LogP contribution in [0.2, 0.25) is 0 Å². The molecular weight excluding hydrogens is 292 g/mol. The van der Waals surface area contributed by atoms with E-state index >= 15 is 0 Å². The van der Waals surface area contributed by atoms with E-state index in [4.69, 9.17) is 4.74 Å². The molecule has 0 bridgehead atoms. The highest BCUT2D eigenvalue weighted by molar-refractivity contribution is 5.51. The van der Waals surface area contributed by atoms with Crippen LogP contribution >= 0.6 is 0 Å². The molecule has 0 radical (unpaired) electrons. The molecule has 1 fully saturated rings. The zero-order chi connectivity index (χ0) is 16.1. The summed E-state index contributed by atoms with van der Waals surface area (Å²) < 4.78 is 5.86. The van der Waals surface area contributed by atoms with E-state index in [2.05, 4.69) is 4.90 Å². The van der Waals surface area contributed by atoms with Gasteiger partial charge in [-0.05, 0) is 37.1 Å². The first kappa shape index (κ1) is 15.3. The van der Waals surface area contributed by atoms with Gasteiger partial charge < -0.3 is 9.64 Å². The van der Waals surface area contributed by atoms with Crippen LogP contribution in [0.1, 0.15) is 12.8 Å². The predicted octanol–water partition coefficient (Wildman–Crippen LogP) is 3.89. The Morgan fingerprint density at radius 3 is 2.57 bits per heavy atom. The topological polar surface area (TPSA) is 55.6 Å². The SMILES string of the molecule is O=[N+]([O-])c1ccc(N2CCCC(COc3ccccc3)C2)cc1. The van der Waals surface area contributed by atoms with Gasteiger partial charge in [0.15, 0.2) is 0 Å². The van der Waals surface area contributed by atoms with Crippen LogP contribution in [0, 0.1) is 16.0 Å². The molecule has 1 saturated heterocycles. The summed E-state index contributed by atoms with van der Waals surface area (Å²) in [6, 6.07) is 16.7. The summed E-state index contributed by atoms with van der Waals surface area (Å²) in [5.74, 6) is 1.37. The molecule has 1 atom stereocenters. The molecule has 23 heavy (non-hydrogen) atoms. The molecule has 0 aliphatic carbocycles. The standard InChI is InChI=1S/C18H20N2O3/c21-20(22)17-10-8-16(9-11-17)19-12-4-5-15(13-19)14-23-18-6-2-1-3-7-18/h1-3,6-11,15H,4-5,12-14H2. The van der Waals surface area contributed by atoms with Gasteiger partial charge in [0.25, 0.3) is 5.69 Å². The van der Waals surface area contributed by atoms with Crippen molar-refractivity contribution in [2.45, 2.75) is 12.8 Å². The number of piperidine rings is 1. The lowest BCUT2D eigenvalue weighted by atomic mass is 9.98. The number of nitro benzene ring substituents is 1. The highest BCUT2D eigenvalue weighted by Crippen LogP contribution is 2.25. The lowest BCUT2D eigenvalue weighted by molar-refractivity contribution is -0.384. The van der Waals surface area contributed by atoms with E-state index in [9.17, 15) is 10.1 Å². The number of benzene rings is 2. The minimum Gasteiger partial charge on any atom is -0.493 e. The van der Waals surface area contributed by atoms with Gasteiger partial charge in [0.1, 0.15) is 5.75 Å². The largest absolute Gasteiger partial charge is 0.493 e. The van der Waals surface area contributed by atoms with Gasteiger partial charge in [0.2, 0.25) is 0 Å². The Balaban J connectivity index is 1.58. The van der Waals surface area contributed by atoms with Gasteiger partial charge in [-0.3, -0.25) is 10.1 Å². The number of rotatable bonds is 5. The first-order valence-electron chi connectivity index (χ1n) is 7.89. The van der Waals surface area contributed by atoms with Gasteiger partial charge in [-0.1, -0.05) is 18.2 Å². The van der Waals surface area contributed by atoms with E-state index in [1.165, 1.54) is 0 Å². The highest BCUT2D eigenvalue weighted by Gasteiger charge is 2.21. The molecule has 0 N–H and O–H groups in total. The third-order valence-corrected chi connectivity index (χ3v) is 4.17. The van der Waals surface area contributed by atoms with Crippen LogP contribution in [-0.2, 0) is 0 Å². The lowest BCUT2D eigenvalue weighted by Crippen LogP contribution is -2.37. The number of nitro groups is 1. The minimum absolute atomic E-state index is 0.134. The van der Waals surface area contributed by atoms with E-state index in [0.29, 0.717) is 12.5 Å². The molecule has 5 heteroatoms. The molecule has 5 nitrogen and oxygen atoms in total. The molecule has 3 rings (SSSR count). The summed E-state index contributed by atoms with van der Waals surface area (Å²) >= 11 is 0. The van der Waals surface area contributed by atoms with Gasteiger partial charge in [-0.15, -0.1) is 0 Å². The van der Waals surface area contributed by atoms with Crippen LogP contribution in [0.3, 0.4) is 0 Å².